The third-order valence-electron chi connectivity index (χ3n) is 4.76. The molecule has 0 bridgehead atoms. The van der Waals surface area contributed by atoms with Crippen LogP contribution in [-0.2, 0) is 13.0 Å². The first-order valence-corrected chi connectivity index (χ1v) is 8.84. The fourth-order valence-electron chi connectivity index (χ4n) is 3.39. The van der Waals surface area contributed by atoms with E-state index in [4.69, 9.17) is 9.47 Å². The first kappa shape index (κ1) is 16.4. The highest BCUT2D eigenvalue weighted by atomic mass is 16.5. The van der Waals surface area contributed by atoms with Crippen LogP contribution in [0.25, 0.3) is 11.6 Å². The van der Waals surface area contributed by atoms with Crippen molar-refractivity contribution in [1.82, 2.24) is 14.8 Å². The van der Waals surface area contributed by atoms with Crippen LogP contribution < -0.4 is 9.47 Å². The van der Waals surface area contributed by atoms with Crippen LogP contribution in [0.2, 0.25) is 0 Å². The van der Waals surface area contributed by atoms with Crippen LogP contribution in [0, 0.1) is 11.3 Å². The van der Waals surface area contributed by atoms with Gasteiger partial charge < -0.3 is 14.0 Å². The Morgan fingerprint density at radius 3 is 3.08 bits per heavy atom. The maximum absolute atomic E-state index is 9.68. The lowest BCUT2D eigenvalue weighted by Crippen LogP contribution is -2.08. The molecule has 0 saturated carbocycles. The van der Waals surface area contributed by atoms with E-state index < -0.39 is 0 Å². The van der Waals surface area contributed by atoms with Gasteiger partial charge in [0.05, 0.1) is 12.7 Å². The van der Waals surface area contributed by atoms with Gasteiger partial charge in [0.2, 0.25) is 0 Å². The van der Waals surface area contributed by atoms with Crippen LogP contribution in [0.15, 0.2) is 29.8 Å². The first-order chi connectivity index (χ1) is 12.8. The quantitative estimate of drug-likeness (QED) is 0.795. The predicted molar refractivity (Wildman–Crippen MR) is 97.6 cm³/mol. The molecule has 0 amide bonds. The molecule has 0 N–H and O–H groups in total. The van der Waals surface area contributed by atoms with Crippen molar-refractivity contribution in [2.45, 2.75) is 32.2 Å². The molecule has 0 fully saturated rings. The second-order valence-corrected chi connectivity index (χ2v) is 6.48. The van der Waals surface area contributed by atoms with Gasteiger partial charge in [-0.3, -0.25) is 0 Å². The second kappa shape index (κ2) is 7.04. The van der Waals surface area contributed by atoms with E-state index in [1.807, 2.05) is 30.4 Å². The van der Waals surface area contributed by atoms with Crippen LogP contribution in [-0.4, -0.2) is 28.5 Å². The minimum atomic E-state index is 0.409. The molecule has 26 heavy (non-hydrogen) atoms. The van der Waals surface area contributed by atoms with Crippen molar-refractivity contribution in [1.29, 1.82) is 5.26 Å². The van der Waals surface area contributed by atoms with E-state index in [0.717, 1.165) is 54.3 Å². The van der Waals surface area contributed by atoms with Gasteiger partial charge in [0.25, 0.3) is 0 Å². The Balaban J connectivity index is 1.67. The molecule has 2 aromatic rings. The van der Waals surface area contributed by atoms with E-state index in [-0.39, 0.29) is 0 Å². The zero-order valence-corrected chi connectivity index (χ0v) is 14.7. The van der Waals surface area contributed by atoms with E-state index >= 15 is 0 Å². The SMILES string of the molecule is COc1ccc2c(c1)OCC(/C=C(\C#N)c1nnc3n1CCCCC3)=C2. The van der Waals surface area contributed by atoms with Gasteiger partial charge in [0.1, 0.15) is 30.0 Å². The molecule has 1 aromatic carbocycles. The van der Waals surface area contributed by atoms with Crippen LogP contribution in [0.4, 0.5) is 0 Å². The molecule has 3 heterocycles. The lowest BCUT2D eigenvalue weighted by atomic mass is 10.0. The Kier molecular flexibility index (Phi) is 4.44. The minimum absolute atomic E-state index is 0.409. The fourth-order valence-corrected chi connectivity index (χ4v) is 3.39. The topological polar surface area (TPSA) is 73.0 Å². The van der Waals surface area contributed by atoms with E-state index in [9.17, 15) is 5.26 Å². The summed E-state index contributed by atoms with van der Waals surface area (Å²) in [6.45, 7) is 1.28. The number of fused-ring (bicyclic) bond motifs is 2. The minimum Gasteiger partial charge on any atom is -0.497 e. The van der Waals surface area contributed by atoms with Crippen molar-refractivity contribution in [3.8, 4) is 17.6 Å². The molecule has 2 aliphatic heterocycles. The van der Waals surface area contributed by atoms with Gasteiger partial charge in [0.15, 0.2) is 5.82 Å². The van der Waals surface area contributed by atoms with E-state index in [2.05, 4.69) is 20.8 Å². The molecule has 132 valence electrons. The average Bonchev–Trinajstić information content (AvgIpc) is 2.93. The number of nitrogens with zero attached hydrogens (tertiary/aromatic N) is 4. The first-order valence-electron chi connectivity index (χ1n) is 8.84. The van der Waals surface area contributed by atoms with Crippen LogP contribution >= 0.6 is 0 Å². The van der Waals surface area contributed by atoms with Gasteiger partial charge >= 0.3 is 0 Å². The van der Waals surface area contributed by atoms with Gasteiger partial charge in [-0.05, 0) is 42.7 Å². The molecular formula is C20H20N4O2. The summed E-state index contributed by atoms with van der Waals surface area (Å²) in [5.74, 6) is 3.19. The summed E-state index contributed by atoms with van der Waals surface area (Å²) in [5, 5.41) is 18.3. The summed E-state index contributed by atoms with van der Waals surface area (Å²) in [4.78, 5) is 0. The van der Waals surface area contributed by atoms with E-state index in [1.54, 1.807) is 7.11 Å². The molecule has 0 atom stereocenters. The van der Waals surface area contributed by atoms with Crippen LogP contribution in [0.1, 0.15) is 36.5 Å². The number of nitriles is 1. The van der Waals surface area contributed by atoms with Crippen molar-refractivity contribution >= 4 is 11.6 Å². The van der Waals surface area contributed by atoms with Crippen molar-refractivity contribution in [2.75, 3.05) is 13.7 Å². The number of benzene rings is 1. The normalized spacial score (nSPS) is 16.5. The van der Waals surface area contributed by atoms with E-state index in [0.29, 0.717) is 18.0 Å². The lowest BCUT2D eigenvalue weighted by Gasteiger charge is -2.17. The molecule has 4 rings (SSSR count). The largest absolute Gasteiger partial charge is 0.497 e. The monoisotopic (exact) mass is 348 g/mol. The third kappa shape index (κ3) is 3.08. The summed E-state index contributed by atoms with van der Waals surface area (Å²) in [5.41, 5.74) is 2.43. The maximum Gasteiger partial charge on any atom is 0.174 e. The summed E-state index contributed by atoms with van der Waals surface area (Å²) < 4.78 is 13.1. The number of allylic oxidation sites excluding steroid dienone is 1. The number of methoxy groups -OCH3 is 1. The smallest absolute Gasteiger partial charge is 0.174 e. The zero-order chi connectivity index (χ0) is 17.9. The average molecular weight is 348 g/mol. The highest BCUT2D eigenvalue weighted by Crippen LogP contribution is 2.31. The molecule has 0 saturated heterocycles. The second-order valence-electron chi connectivity index (χ2n) is 6.48. The Bertz CT molecular complexity index is 934. The molecule has 6 nitrogen and oxygen atoms in total. The molecule has 1 aromatic heterocycles. The number of aryl methyl sites for hydroxylation is 1. The van der Waals surface area contributed by atoms with Crippen molar-refractivity contribution in [3.05, 3.63) is 47.1 Å². The Morgan fingerprint density at radius 2 is 2.23 bits per heavy atom. The van der Waals surface area contributed by atoms with Crippen LogP contribution in [0.5, 0.6) is 11.5 Å². The van der Waals surface area contributed by atoms with Crippen LogP contribution in [0.3, 0.4) is 0 Å². The summed E-state index contributed by atoms with van der Waals surface area (Å²) in [6, 6.07) is 8.01. The Morgan fingerprint density at radius 1 is 1.31 bits per heavy atom. The molecule has 6 heteroatoms. The molecule has 2 aliphatic rings. The summed E-state index contributed by atoms with van der Waals surface area (Å²) in [7, 11) is 1.63. The number of rotatable bonds is 3. The highest BCUT2D eigenvalue weighted by molar-refractivity contribution is 5.78. The Hall–Kier alpha value is -3.07. The number of aromatic nitrogens is 3. The lowest BCUT2D eigenvalue weighted by molar-refractivity contribution is 0.346. The summed E-state index contributed by atoms with van der Waals surface area (Å²) in [6.07, 6.45) is 8.23. The van der Waals surface area contributed by atoms with E-state index in [1.165, 1.54) is 6.42 Å². The molecule has 0 radical (unpaired) electrons. The Labute approximate surface area is 152 Å². The predicted octanol–water partition coefficient (Wildman–Crippen LogP) is 3.40. The van der Waals surface area contributed by atoms with Gasteiger partial charge in [-0.1, -0.05) is 6.42 Å². The fraction of sp³-hybridized carbons (Fsp3) is 0.350. The highest BCUT2D eigenvalue weighted by Gasteiger charge is 2.19. The van der Waals surface area contributed by atoms with Gasteiger partial charge in [-0.25, -0.2) is 0 Å². The molecule has 0 aliphatic carbocycles. The number of hydrogen-bond acceptors (Lipinski definition) is 5. The van der Waals surface area contributed by atoms with Crippen molar-refractivity contribution < 1.29 is 9.47 Å². The van der Waals surface area contributed by atoms with Gasteiger partial charge in [-0.15, -0.1) is 10.2 Å². The standard InChI is InChI=1S/C20H20N4O2/c1-25-17-7-6-15-9-14(13-26-18(15)11-17)10-16(12-21)20-23-22-19-5-3-2-4-8-24(19)20/h6-7,9-11H,2-5,8,13H2,1H3/b16-10+. The third-order valence-corrected chi connectivity index (χ3v) is 4.76. The summed E-state index contributed by atoms with van der Waals surface area (Å²) >= 11 is 0. The number of hydrogen-bond donors (Lipinski definition) is 0. The van der Waals surface area contributed by atoms with Gasteiger partial charge in [0, 0.05) is 24.6 Å². The number of ether oxygens (including phenoxy) is 2. The molecule has 0 spiro atoms. The maximum atomic E-state index is 9.68. The van der Waals surface area contributed by atoms with Crippen molar-refractivity contribution in [2.24, 2.45) is 0 Å². The van der Waals surface area contributed by atoms with Crippen molar-refractivity contribution in [3.63, 3.8) is 0 Å². The molecular weight excluding hydrogens is 328 g/mol. The molecule has 0 unspecified atom stereocenters. The van der Waals surface area contributed by atoms with Gasteiger partial charge in [-0.2, -0.15) is 5.26 Å². The zero-order valence-electron chi connectivity index (χ0n) is 14.7.